The summed E-state index contributed by atoms with van der Waals surface area (Å²) in [6, 6.07) is 7.17. The number of halogens is 1. The molecule has 4 rings (SSSR count). The van der Waals surface area contributed by atoms with Crippen LogP contribution in [0.4, 0.5) is 4.79 Å². The van der Waals surface area contributed by atoms with Gasteiger partial charge in [-0.3, -0.25) is 19.2 Å². The second-order valence-electron chi connectivity index (χ2n) is 7.22. The minimum Gasteiger partial charge on any atom is -0.270 e. The summed E-state index contributed by atoms with van der Waals surface area (Å²) in [5.41, 5.74) is 1.09. The fourth-order valence-electron chi connectivity index (χ4n) is 3.93. The summed E-state index contributed by atoms with van der Waals surface area (Å²) >= 11 is 3.52. The Kier molecular flexibility index (Phi) is 4.75. The predicted molar refractivity (Wildman–Crippen MR) is 106 cm³/mol. The topological polar surface area (TPSA) is 59.2 Å². The van der Waals surface area contributed by atoms with Gasteiger partial charge in [0, 0.05) is 18.6 Å². The number of carbonyl (C=O) groups excluding carboxylic acids is 2. The maximum atomic E-state index is 13.0. The van der Waals surface area contributed by atoms with Crippen LogP contribution in [0, 0.1) is 0 Å². The Hall–Kier alpha value is -2.22. The van der Waals surface area contributed by atoms with Gasteiger partial charge in [0.2, 0.25) is 11.9 Å². The molecule has 0 aromatic heterocycles. The molecule has 0 spiro atoms. The van der Waals surface area contributed by atoms with E-state index in [0.29, 0.717) is 12.4 Å². The highest BCUT2D eigenvalue weighted by Crippen LogP contribution is 2.26. The summed E-state index contributed by atoms with van der Waals surface area (Å²) in [6.45, 7) is 2.41. The summed E-state index contributed by atoms with van der Waals surface area (Å²) in [5, 5.41) is 0. The molecule has 1 aromatic carbocycles. The number of hydrogen-bond donors (Lipinski definition) is 0. The van der Waals surface area contributed by atoms with Gasteiger partial charge in [-0.1, -0.05) is 33.1 Å². The summed E-state index contributed by atoms with van der Waals surface area (Å²) in [5.74, 6) is 1.11. The number of amides is 3. The van der Waals surface area contributed by atoms with Gasteiger partial charge in [-0.15, -0.1) is 0 Å². The zero-order valence-electron chi connectivity index (χ0n) is 15.6. The molecule has 3 amide bonds. The Morgan fingerprint density at radius 3 is 2.59 bits per heavy atom. The van der Waals surface area contributed by atoms with Gasteiger partial charge in [-0.25, -0.2) is 9.69 Å². The van der Waals surface area contributed by atoms with Gasteiger partial charge in [0.25, 0.3) is 5.91 Å². The summed E-state index contributed by atoms with van der Waals surface area (Å²) in [4.78, 5) is 34.9. The van der Waals surface area contributed by atoms with Gasteiger partial charge >= 0.3 is 12.0 Å². The highest BCUT2D eigenvalue weighted by atomic mass is 79.9. The molecule has 1 unspecified atom stereocenters. The van der Waals surface area contributed by atoms with E-state index in [4.69, 9.17) is 4.99 Å². The molecular formula is C19H23BrN5O2+. The van der Waals surface area contributed by atoms with E-state index in [1.54, 1.807) is 7.05 Å². The quantitative estimate of drug-likeness (QED) is 0.672. The maximum Gasteiger partial charge on any atom is 0.392 e. The first-order chi connectivity index (χ1) is 13.0. The minimum atomic E-state index is -0.561. The molecule has 3 aliphatic heterocycles. The number of rotatable bonds is 2. The second kappa shape index (κ2) is 7.07. The molecule has 7 nitrogen and oxygen atoms in total. The number of piperidine rings is 1. The molecule has 1 atom stereocenters. The number of amidine groups is 1. The van der Waals surface area contributed by atoms with E-state index < -0.39 is 6.04 Å². The second-order valence-corrected chi connectivity index (χ2v) is 8.13. The highest BCUT2D eigenvalue weighted by Gasteiger charge is 2.55. The van der Waals surface area contributed by atoms with E-state index >= 15 is 0 Å². The van der Waals surface area contributed by atoms with Crippen LogP contribution >= 0.6 is 15.9 Å². The summed E-state index contributed by atoms with van der Waals surface area (Å²) < 4.78 is 3.25. The third-order valence-corrected chi connectivity index (χ3v) is 5.88. The summed E-state index contributed by atoms with van der Waals surface area (Å²) in [7, 11) is 3.22. The minimum absolute atomic E-state index is 0.223. The fourth-order valence-corrected chi connectivity index (χ4v) is 4.37. The van der Waals surface area contributed by atoms with E-state index in [2.05, 4.69) is 26.6 Å². The average Bonchev–Trinajstić information content (AvgIpc) is 3.05. The Balaban J connectivity index is 1.77. The van der Waals surface area contributed by atoms with Crippen LogP contribution < -0.4 is 0 Å². The molecule has 2 saturated heterocycles. The van der Waals surface area contributed by atoms with Crippen LogP contribution in [0.1, 0.15) is 24.8 Å². The molecule has 0 radical (unpaired) electrons. The van der Waals surface area contributed by atoms with Gasteiger partial charge in [0.05, 0.1) is 19.6 Å². The lowest BCUT2D eigenvalue weighted by Crippen LogP contribution is -2.62. The largest absolute Gasteiger partial charge is 0.392 e. The molecule has 3 aliphatic rings. The Morgan fingerprint density at radius 1 is 1.15 bits per heavy atom. The van der Waals surface area contributed by atoms with Crippen LogP contribution in [0.3, 0.4) is 0 Å². The van der Waals surface area contributed by atoms with Crippen LogP contribution in [0.5, 0.6) is 0 Å². The lowest BCUT2D eigenvalue weighted by atomic mass is 10.1. The van der Waals surface area contributed by atoms with E-state index in [-0.39, 0.29) is 11.9 Å². The lowest BCUT2D eigenvalue weighted by molar-refractivity contribution is -0.542. The van der Waals surface area contributed by atoms with E-state index in [0.717, 1.165) is 41.9 Å². The number of hydrogen-bond acceptors (Lipinski definition) is 2. The van der Waals surface area contributed by atoms with Gasteiger partial charge in [0.1, 0.15) is 0 Å². The van der Waals surface area contributed by atoms with E-state index in [1.165, 1.54) is 23.3 Å². The summed E-state index contributed by atoms with van der Waals surface area (Å²) in [6.07, 6.45) is 3.45. The monoisotopic (exact) mass is 432 g/mol. The van der Waals surface area contributed by atoms with Crippen molar-refractivity contribution in [2.45, 2.75) is 31.8 Å². The maximum absolute atomic E-state index is 13.0. The Labute approximate surface area is 167 Å². The number of benzene rings is 1. The van der Waals surface area contributed by atoms with Crippen molar-refractivity contribution in [3.05, 3.63) is 34.3 Å². The first-order valence-electron chi connectivity index (χ1n) is 9.24. The van der Waals surface area contributed by atoms with Crippen molar-refractivity contribution >= 4 is 39.7 Å². The third-order valence-electron chi connectivity index (χ3n) is 5.39. The van der Waals surface area contributed by atoms with E-state index in [9.17, 15) is 9.59 Å². The fraction of sp³-hybridized carbons (Fsp3) is 0.474. The van der Waals surface area contributed by atoms with Gasteiger partial charge in [0.15, 0.2) is 0 Å². The standard InChI is InChI=1S/C19H23BrN5O2/c1-22-16-15(17(26)23(2)19(22)27)25(12-13-7-6-8-14(20)11-13)18(21-16)24-9-4-3-5-10-24/h6-8,11,15H,3-5,9-10,12H2,1-2H3/q+1. The number of aliphatic imine (C=N–C) groups is 1. The SMILES string of the molecule is CN1C(=O)C2C(=NC(=[N+]3CCCCC3)N2Cc2cccc(Br)c2)N(C)C1=O. The van der Waals surface area contributed by atoms with Gasteiger partial charge < -0.3 is 0 Å². The normalized spacial score (nSPS) is 23.1. The van der Waals surface area contributed by atoms with Gasteiger partial charge in [-0.05, 0) is 37.0 Å². The smallest absolute Gasteiger partial charge is 0.270 e. The Morgan fingerprint density at radius 2 is 1.89 bits per heavy atom. The molecule has 142 valence electrons. The first kappa shape index (κ1) is 18.2. The van der Waals surface area contributed by atoms with Crippen molar-refractivity contribution in [1.82, 2.24) is 14.7 Å². The molecular weight excluding hydrogens is 410 g/mol. The number of imide groups is 1. The zero-order chi connectivity index (χ0) is 19.1. The molecule has 0 aliphatic carbocycles. The van der Waals surface area contributed by atoms with Crippen LogP contribution in [-0.2, 0) is 11.3 Å². The average molecular weight is 433 g/mol. The van der Waals surface area contributed by atoms with Crippen LogP contribution in [-0.4, -0.2) is 76.2 Å². The number of fused-ring (bicyclic) bond motifs is 1. The Bertz CT molecular complexity index is 857. The molecule has 1 aromatic rings. The highest BCUT2D eigenvalue weighted by molar-refractivity contribution is 9.10. The van der Waals surface area contributed by atoms with E-state index in [1.807, 2.05) is 23.1 Å². The molecule has 0 saturated carbocycles. The van der Waals surface area contributed by atoms with Crippen molar-refractivity contribution in [3.8, 4) is 0 Å². The number of guanidine groups is 1. The molecule has 2 fully saturated rings. The van der Waals surface area contributed by atoms with Crippen molar-refractivity contribution in [1.29, 1.82) is 0 Å². The lowest BCUT2D eigenvalue weighted by Gasteiger charge is -2.33. The van der Waals surface area contributed by atoms with Crippen molar-refractivity contribution in [2.24, 2.45) is 4.99 Å². The molecule has 27 heavy (non-hydrogen) atoms. The van der Waals surface area contributed by atoms with Crippen molar-refractivity contribution in [2.75, 3.05) is 27.2 Å². The number of urea groups is 1. The molecule has 3 heterocycles. The van der Waals surface area contributed by atoms with Crippen LogP contribution in [0.2, 0.25) is 0 Å². The third kappa shape index (κ3) is 3.16. The molecule has 0 bridgehead atoms. The van der Waals surface area contributed by atoms with Crippen LogP contribution in [0.25, 0.3) is 0 Å². The number of carbonyl (C=O) groups is 2. The predicted octanol–water partition coefficient (Wildman–Crippen LogP) is 2.11. The zero-order valence-corrected chi connectivity index (χ0v) is 17.1. The number of nitrogens with zero attached hydrogens (tertiary/aromatic N) is 5. The van der Waals surface area contributed by atoms with Gasteiger partial charge in [-0.2, -0.15) is 0 Å². The molecule has 0 N–H and O–H groups in total. The van der Waals surface area contributed by atoms with Crippen molar-refractivity contribution < 1.29 is 14.2 Å². The van der Waals surface area contributed by atoms with Crippen LogP contribution in [0.15, 0.2) is 33.7 Å². The molecule has 8 heteroatoms. The van der Waals surface area contributed by atoms with Crippen molar-refractivity contribution in [3.63, 3.8) is 0 Å². The number of likely N-dealkylation sites (N-methyl/N-ethyl adjacent to an activating group) is 2. The first-order valence-corrected chi connectivity index (χ1v) is 10.0.